The van der Waals surface area contributed by atoms with Gasteiger partial charge in [0.1, 0.15) is 24.2 Å². The van der Waals surface area contributed by atoms with Crippen LogP contribution >= 0.6 is 0 Å². The Morgan fingerprint density at radius 3 is 1.87 bits per heavy atom. The second-order valence-corrected chi connectivity index (χ2v) is 8.12. The molecule has 0 spiro atoms. The lowest BCUT2D eigenvalue weighted by molar-refractivity contribution is -0.139. The van der Waals surface area contributed by atoms with Gasteiger partial charge >= 0.3 is 0 Å². The van der Waals surface area contributed by atoms with Crippen LogP contribution in [0.4, 0.5) is 0 Å². The van der Waals surface area contributed by atoms with Crippen LogP contribution in [0.3, 0.4) is 0 Å². The quantitative estimate of drug-likeness (QED) is 0.693. The summed E-state index contributed by atoms with van der Waals surface area (Å²) in [6, 6.07) is 15.8. The highest BCUT2D eigenvalue weighted by molar-refractivity contribution is 5.31. The predicted molar refractivity (Wildman–Crippen MR) is 114 cm³/mol. The van der Waals surface area contributed by atoms with Crippen molar-refractivity contribution in [3.8, 4) is 11.5 Å². The molecule has 0 unspecified atom stereocenters. The van der Waals surface area contributed by atoms with E-state index in [0.29, 0.717) is 13.2 Å². The summed E-state index contributed by atoms with van der Waals surface area (Å²) in [6.07, 6.45) is 0.00144. The van der Waals surface area contributed by atoms with Crippen LogP contribution in [0.15, 0.2) is 48.5 Å². The third-order valence-electron chi connectivity index (χ3n) is 4.81. The predicted octanol–water partition coefficient (Wildman–Crippen LogP) is 4.87. The Hall–Kier alpha value is -2.12. The topological polar surface area (TPSA) is 55.4 Å². The number of rotatable bonds is 5. The van der Waals surface area contributed by atoms with Crippen LogP contribution in [0.5, 0.6) is 11.5 Å². The van der Waals surface area contributed by atoms with E-state index in [1.807, 2.05) is 52.0 Å². The van der Waals surface area contributed by atoms with Gasteiger partial charge < -0.3 is 28.4 Å². The number of hydrogen-bond donors (Lipinski definition) is 0. The minimum Gasteiger partial charge on any atom is -0.497 e. The van der Waals surface area contributed by atoms with Crippen molar-refractivity contribution in [2.24, 2.45) is 0 Å². The third-order valence-corrected chi connectivity index (χ3v) is 4.81. The lowest BCUT2D eigenvalue weighted by Gasteiger charge is -2.17. The summed E-state index contributed by atoms with van der Waals surface area (Å²) in [5.41, 5.74) is 2.24. The van der Waals surface area contributed by atoms with Gasteiger partial charge in [-0.2, -0.15) is 0 Å². The summed E-state index contributed by atoms with van der Waals surface area (Å²) in [7, 11) is 1.65. The molecule has 0 amide bonds. The fraction of sp³-hybridized carbons (Fsp3) is 0.500. The zero-order chi connectivity index (χ0) is 21.6. The van der Waals surface area contributed by atoms with E-state index in [1.54, 1.807) is 7.11 Å². The van der Waals surface area contributed by atoms with Crippen molar-refractivity contribution >= 4 is 0 Å². The van der Waals surface area contributed by atoms with Crippen molar-refractivity contribution in [3.63, 3.8) is 0 Å². The van der Waals surface area contributed by atoms with E-state index >= 15 is 0 Å². The van der Waals surface area contributed by atoms with Crippen molar-refractivity contribution in [1.82, 2.24) is 0 Å². The normalized spacial score (nSPS) is 21.6. The first-order valence-corrected chi connectivity index (χ1v) is 10.2. The van der Waals surface area contributed by atoms with E-state index in [9.17, 15) is 0 Å². The molecule has 2 aromatic rings. The lowest BCUT2D eigenvalue weighted by Crippen LogP contribution is -2.19. The Labute approximate surface area is 179 Å². The van der Waals surface area contributed by atoms with Crippen molar-refractivity contribution in [1.29, 1.82) is 0 Å². The molecule has 0 radical (unpaired) electrons. The second-order valence-electron chi connectivity index (χ2n) is 8.12. The maximum Gasteiger partial charge on any atom is 0.163 e. The number of hydrogen-bond acceptors (Lipinski definition) is 6. The van der Waals surface area contributed by atoms with Crippen LogP contribution in [0.2, 0.25) is 0 Å². The Bertz CT molecular complexity index is 774. The molecule has 0 N–H and O–H groups in total. The summed E-state index contributed by atoms with van der Waals surface area (Å²) < 4.78 is 32.6. The molecule has 2 heterocycles. The molecule has 2 aliphatic rings. The van der Waals surface area contributed by atoms with Gasteiger partial charge in [-0.1, -0.05) is 24.3 Å². The molecule has 0 aliphatic carbocycles. The van der Waals surface area contributed by atoms with E-state index in [4.69, 9.17) is 28.4 Å². The van der Waals surface area contributed by atoms with Crippen LogP contribution in [0, 0.1) is 0 Å². The Morgan fingerprint density at radius 2 is 1.40 bits per heavy atom. The van der Waals surface area contributed by atoms with Gasteiger partial charge in [0.05, 0.1) is 26.9 Å². The van der Waals surface area contributed by atoms with Crippen molar-refractivity contribution in [3.05, 3.63) is 59.7 Å². The Kier molecular flexibility index (Phi) is 7.36. The summed E-state index contributed by atoms with van der Waals surface area (Å²) in [5.74, 6) is 0.841. The summed E-state index contributed by atoms with van der Waals surface area (Å²) in [6.45, 7) is 10.3. The van der Waals surface area contributed by atoms with E-state index in [2.05, 4.69) is 24.3 Å². The van der Waals surface area contributed by atoms with E-state index < -0.39 is 5.79 Å². The van der Waals surface area contributed by atoms with Gasteiger partial charge in [0.2, 0.25) is 0 Å². The fourth-order valence-corrected chi connectivity index (χ4v) is 3.13. The van der Waals surface area contributed by atoms with Crippen LogP contribution < -0.4 is 9.47 Å². The van der Waals surface area contributed by atoms with Crippen LogP contribution in [0.1, 0.15) is 44.9 Å². The minimum absolute atomic E-state index is 0.00144. The highest BCUT2D eigenvalue weighted by atomic mass is 16.7. The highest BCUT2D eigenvalue weighted by Gasteiger charge is 2.33. The number of ether oxygens (including phenoxy) is 6. The first-order valence-electron chi connectivity index (χ1n) is 10.2. The van der Waals surface area contributed by atoms with E-state index in [-0.39, 0.29) is 11.9 Å². The molecule has 164 valence electrons. The summed E-state index contributed by atoms with van der Waals surface area (Å²) in [5, 5.41) is 0. The zero-order valence-electron chi connectivity index (χ0n) is 18.5. The molecule has 0 aromatic heterocycles. The highest BCUT2D eigenvalue weighted by Crippen LogP contribution is 2.32. The zero-order valence-corrected chi connectivity index (χ0v) is 18.5. The average Bonchev–Trinajstić information content (AvgIpc) is 3.31. The monoisotopic (exact) mass is 416 g/mol. The first-order chi connectivity index (χ1) is 14.3. The Balaban J connectivity index is 0.000000310. The number of methoxy groups -OCH3 is 1. The first kappa shape index (κ1) is 22.6. The van der Waals surface area contributed by atoms with Gasteiger partial charge in [-0.3, -0.25) is 0 Å². The van der Waals surface area contributed by atoms with Gasteiger partial charge in [0, 0.05) is 0 Å². The van der Waals surface area contributed by atoms with E-state index in [0.717, 1.165) is 35.8 Å². The SMILES string of the molecule is CC1(C)OCCO1.COc1ccc(OCc2ccc([C@@H]3COC(C)(C)O3)cc2)cc1. The average molecular weight is 417 g/mol. The summed E-state index contributed by atoms with van der Waals surface area (Å²) >= 11 is 0. The summed E-state index contributed by atoms with van der Waals surface area (Å²) in [4.78, 5) is 0. The van der Waals surface area contributed by atoms with Gasteiger partial charge in [-0.15, -0.1) is 0 Å². The molecular formula is C24H32O6. The largest absolute Gasteiger partial charge is 0.497 e. The molecule has 2 saturated heterocycles. The third kappa shape index (κ3) is 6.71. The molecule has 6 heteroatoms. The van der Waals surface area contributed by atoms with Crippen LogP contribution in [-0.2, 0) is 25.6 Å². The number of benzene rings is 2. The standard InChI is InChI=1S/C19H22O4.C5H10O2/c1-19(2)22-13-18(23-19)15-6-4-14(5-7-15)12-21-17-10-8-16(20-3)9-11-17;1-5(2)6-3-4-7-5/h4-11,18H,12-13H2,1-3H3;3-4H2,1-2H3/t18-;/m0./s1. The van der Waals surface area contributed by atoms with E-state index in [1.165, 1.54) is 0 Å². The molecule has 1 atom stereocenters. The van der Waals surface area contributed by atoms with Gasteiger partial charge in [0.25, 0.3) is 0 Å². The molecular weight excluding hydrogens is 384 g/mol. The molecule has 2 fully saturated rings. The Morgan fingerprint density at radius 1 is 0.800 bits per heavy atom. The van der Waals surface area contributed by atoms with Gasteiger partial charge in [-0.25, -0.2) is 0 Å². The maximum atomic E-state index is 5.86. The maximum absolute atomic E-state index is 5.86. The molecule has 2 aromatic carbocycles. The van der Waals surface area contributed by atoms with Crippen LogP contribution in [-0.4, -0.2) is 38.5 Å². The molecule has 4 rings (SSSR count). The lowest BCUT2D eigenvalue weighted by atomic mass is 10.1. The van der Waals surface area contributed by atoms with Crippen molar-refractivity contribution in [2.45, 2.75) is 52.0 Å². The van der Waals surface area contributed by atoms with Crippen molar-refractivity contribution in [2.75, 3.05) is 26.9 Å². The molecule has 2 aliphatic heterocycles. The van der Waals surface area contributed by atoms with Crippen molar-refractivity contribution < 1.29 is 28.4 Å². The fourth-order valence-electron chi connectivity index (χ4n) is 3.13. The molecule has 30 heavy (non-hydrogen) atoms. The minimum atomic E-state index is -0.499. The molecule has 6 nitrogen and oxygen atoms in total. The molecule has 0 saturated carbocycles. The van der Waals surface area contributed by atoms with Gasteiger partial charge in [0.15, 0.2) is 11.6 Å². The smallest absolute Gasteiger partial charge is 0.163 e. The molecule has 0 bridgehead atoms. The second kappa shape index (κ2) is 9.79. The van der Waals surface area contributed by atoms with Gasteiger partial charge in [-0.05, 0) is 63.1 Å². The van der Waals surface area contributed by atoms with Crippen LogP contribution in [0.25, 0.3) is 0 Å².